The van der Waals surface area contributed by atoms with Crippen LogP contribution in [0.1, 0.15) is 21.8 Å². The quantitative estimate of drug-likeness (QED) is 0.897. The third kappa shape index (κ3) is 2.70. The molecule has 0 aromatic heterocycles. The van der Waals surface area contributed by atoms with Gasteiger partial charge in [0.05, 0.1) is 7.11 Å². The maximum absolute atomic E-state index is 13.1. The molecule has 1 saturated heterocycles. The number of benzene rings is 2. The number of nitrogens with zero attached hydrogens (tertiary/aromatic N) is 1. The van der Waals surface area contributed by atoms with Crippen LogP contribution in [0.25, 0.3) is 0 Å². The summed E-state index contributed by atoms with van der Waals surface area (Å²) in [6.07, 6.45) is 0. The molecule has 1 N–H and O–H groups in total. The van der Waals surface area contributed by atoms with Gasteiger partial charge in [0, 0.05) is 36.2 Å². The number of carboxylic acid groups (broad SMARTS) is 1. The van der Waals surface area contributed by atoms with E-state index in [-0.39, 0.29) is 25.6 Å². The van der Waals surface area contributed by atoms with Gasteiger partial charge in [0.2, 0.25) is 0 Å². The fraction of sp³-hybridized carbons (Fsp3) is 0.300. The van der Waals surface area contributed by atoms with Crippen molar-refractivity contribution < 1.29 is 28.6 Å². The standard InChI is InChI=1S/C20H18FNO5/c1-26-14-6-7-15-16-9-22(18(23)12-2-4-13(21)5-3-12)10-20(16,19(24)25)11-27-17(15)8-14/h2-8,16H,9-11H2,1H3,(H,24,25)/t16-,20-/m1/s1. The predicted molar refractivity (Wildman–Crippen MR) is 93.6 cm³/mol. The summed E-state index contributed by atoms with van der Waals surface area (Å²) in [6.45, 7) is 0.264. The fourth-order valence-electron chi connectivity index (χ4n) is 3.92. The molecule has 1 amide bonds. The monoisotopic (exact) mass is 371 g/mol. The molecule has 0 radical (unpaired) electrons. The molecule has 140 valence electrons. The van der Waals surface area contributed by atoms with Gasteiger partial charge < -0.3 is 19.5 Å². The summed E-state index contributed by atoms with van der Waals surface area (Å²) in [6, 6.07) is 10.5. The summed E-state index contributed by atoms with van der Waals surface area (Å²) in [7, 11) is 1.55. The normalized spacial score (nSPS) is 23.2. The maximum atomic E-state index is 13.1. The topological polar surface area (TPSA) is 76.1 Å². The Kier molecular flexibility index (Phi) is 4.02. The summed E-state index contributed by atoms with van der Waals surface area (Å²) in [5, 5.41) is 9.94. The van der Waals surface area contributed by atoms with Crippen molar-refractivity contribution in [2.45, 2.75) is 5.92 Å². The molecule has 4 rings (SSSR count). The summed E-state index contributed by atoms with van der Waals surface area (Å²) >= 11 is 0. The number of fused-ring (bicyclic) bond motifs is 3. The molecule has 27 heavy (non-hydrogen) atoms. The highest BCUT2D eigenvalue weighted by Gasteiger charge is 2.57. The molecule has 2 heterocycles. The van der Waals surface area contributed by atoms with E-state index >= 15 is 0 Å². The fourth-order valence-corrected chi connectivity index (χ4v) is 3.92. The van der Waals surface area contributed by atoms with Crippen molar-refractivity contribution in [1.29, 1.82) is 0 Å². The van der Waals surface area contributed by atoms with Crippen LogP contribution in [0.5, 0.6) is 11.5 Å². The number of carbonyl (C=O) groups is 2. The van der Waals surface area contributed by atoms with Gasteiger partial charge in [0.25, 0.3) is 5.91 Å². The first kappa shape index (κ1) is 17.3. The number of carbonyl (C=O) groups excluding carboxylic acids is 1. The number of rotatable bonds is 3. The van der Waals surface area contributed by atoms with Gasteiger partial charge in [-0.1, -0.05) is 6.07 Å². The van der Waals surface area contributed by atoms with Gasteiger partial charge >= 0.3 is 5.97 Å². The van der Waals surface area contributed by atoms with E-state index in [1.807, 2.05) is 0 Å². The van der Waals surface area contributed by atoms with Gasteiger partial charge in [-0.15, -0.1) is 0 Å². The van der Waals surface area contributed by atoms with E-state index in [0.717, 1.165) is 5.56 Å². The zero-order chi connectivity index (χ0) is 19.2. The number of hydrogen-bond donors (Lipinski definition) is 1. The van der Waals surface area contributed by atoms with E-state index in [1.54, 1.807) is 25.3 Å². The Morgan fingerprint density at radius 3 is 2.67 bits per heavy atom. The highest BCUT2D eigenvalue weighted by Crippen LogP contribution is 2.50. The Balaban J connectivity index is 1.69. The minimum atomic E-state index is -1.21. The zero-order valence-corrected chi connectivity index (χ0v) is 14.6. The van der Waals surface area contributed by atoms with E-state index in [2.05, 4.69) is 0 Å². The average molecular weight is 371 g/mol. The second-order valence-electron chi connectivity index (χ2n) is 6.90. The third-order valence-electron chi connectivity index (χ3n) is 5.43. The van der Waals surface area contributed by atoms with Crippen LogP contribution < -0.4 is 9.47 Å². The molecular formula is C20H18FNO5. The van der Waals surface area contributed by atoms with Gasteiger partial charge in [0.15, 0.2) is 0 Å². The van der Waals surface area contributed by atoms with Crippen molar-refractivity contribution in [2.75, 3.05) is 26.8 Å². The minimum Gasteiger partial charge on any atom is -0.497 e. The molecule has 2 aliphatic heterocycles. The second-order valence-corrected chi connectivity index (χ2v) is 6.90. The number of amides is 1. The SMILES string of the molecule is COc1ccc2c(c1)OC[C@]1(C(=O)O)CN(C(=O)c3ccc(F)cc3)C[C@H]21. The molecule has 2 aliphatic rings. The van der Waals surface area contributed by atoms with Crippen LogP contribution in [0, 0.1) is 11.2 Å². The van der Waals surface area contributed by atoms with E-state index in [0.29, 0.717) is 17.1 Å². The van der Waals surface area contributed by atoms with Crippen molar-refractivity contribution in [1.82, 2.24) is 4.90 Å². The Labute approximate surface area is 155 Å². The van der Waals surface area contributed by atoms with Crippen LogP contribution in [0.2, 0.25) is 0 Å². The van der Waals surface area contributed by atoms with Gasteiger partial charge in [-0.3, -0.25) is 9.59 Å². The Morgan fingerprint density at radius 2 is 2.00 bits per heavy atom. The largest absolute Gasteiger partial charge is 0.497 e. The van der Waals surface area contributed by atoms with Gasteiger partial charge in [0.1, 0.15) is 29.3 Å². The first-order chi connectivity index (χ1) is 12.9. The molecular weight excluding hydrogens is 353 g/mol. The van der Waals surface area contributed by atoms with Crippen LogP contribution in [0.15, 0.2) is 42.5 Å². The number of carboxylic acids is 1. The number of aliphatic carboxylic acids is 1. The number of halogens is 1. The molecule has 0 spiro atoms. The summed E-state index contributed by atoms with van der Waals surface area (Å²) in [5.41, 5.74) is -0.137. The molecule has 0 bridgehead atoms. The van der Waals surface area contributed by atoms with Crippen molar-refractivity contribution >= 4 is 11.9 Å². The lowest BCUT2D eigenvalue weighted by Crippen LogP contribution is -2.46. The van der Waals surface area contributed by atoms with Gasteiger partial charge in [-0.05, 0) is 30.3 Å². The maximum Gasteiger partial charge on any atom is 0.315 e. The van der Waals surface area contributed by atoms with E-state index in [4.69, 9.17) is 9.47 Å². The molecule has 7 heteroatoms. The molecule has 2 aromatic carbocycles. The first-order valence-corrected chi connectivity index (χ1v) is 8.53. The average Bonchev–Trinajstić information content (AvgIpc) is 3.09. The van der Waals surface area contributed by atoms with Crippen LogP contribution in [-0.4, -0.2) is 48.7 Å². The number of likely N-dealkylation sites (tertiary alicyclic amines) is 1. The summed E-state index contributed by atoms with van der Waals surface area (Å²) in [5.74, 6) is -0.946. The van der Waals surface area contributed by atoms with Crippen LogP contribution >= 0.6 is 0 Å². The third-order valence-corrected chi connectivity index (χ3v) is 5.43. The number of ether oxygens (including phenoxy) is 2. The molecule has 0 saturated carbocycles. The van der Waals surface area contributed by atoms with Gasteiger partial charge in [-0.25, -0.2) is 4.39 Å². The van der Waals surface area contributed by atoms with Crippen molar-refractivity contribution in [2.24, 2.45) is 5.41 Å². The summed E-state index contributed by atoms with van der Waals surface area (Å²) in [4.78, 5) is 26.5. The second kappa shape index (κ2) is 6.26. The molecule has 1 fully saturated rings. The van der Waals surface area contributed by atoms with Crippen molar-refractivity contribution in [3.8, 4) is 11.5 Å². The zero-order valence-electron chi connectivity index (χ0n) is 14.6. The minimum absolute atomic E-state index is 0.0274. The van der Waals surface area contributed by atoms with E-state index in [1.165, 1.54) is 29.2 Å². The van der Waals surface area contributed by atoms with Crippen molar-refractivity contribution in [3.63, 3.8) is 0 Å². The highest BCUT2D eigenvalue weighted by molar-refractivity contribution is 5.95. The van der Waals surface area contributed by atoms with Crippen molar-refractivity contribution in [3.05, 3.63) is 59.4 Å². The molecule has 0 unspecified atom stereocenters. The first-order valence-electron chi connectivity index (χ1n) is 8.53. The lowest BCUT2D eigenvalue weighted by atomic mass is 9.73. The Bertz CT molecular complexity index is 913. The smallest absolute Gasteiger partial charge is 0.315 e. The highest BCUT2D eigenvalue weighted by atomic mass is 19.1. The molecule has 6 nitrogen and oxygen atoms in total. The predicted octanol–water partition coefficient (Wildman–Crippen LogP) is 2.54. The number of methoxy groups -OCH3 is 1. The molecule has 2 atom stereocenters. The van der Waals surface area contributed by atoms with E-state index in [9.17, 15) is 19.1 Å². The van der Waals surface area contributed by atoms with Gasteiger partial charge in [-0.2, -0.15) is 0 Å². The van der Waals surface area contributed by atoms with Crippen LogP contribution in [0.3, 0.4) is 0 Å². The number of hydrogen-bond acceptors (Lipinski definition) is 4. The lowest BCUT2D eigenvalue weighted by molar-refractivity contribution is -0.151. The molecule has 0 aliphatic carbocycles. The Hall–Kier alpha value is -3.09. The van der Waals surface area contributed by atoms with E-state index < -0.39 is 23.1 Å². The Morgan fingerprint density at radius 1 is 1.26 bits per heavy atom. The summed E-state index contributed by atoms with van der Waals surface area (Å²) < 4.78 is 24.1. The van der Waals surface area contributed by atoms with Crippen LogP contribution in [0.4, 0.5) is 4.39 Å². The lowest BCUT2D eigenvalue weighted by Gasteiger charge is -2.35. The van der Waals surface area contributed by atoms with Crippen LogP contribution in [-0.2, 0) is 4.79 Å². The molecule has 2 aromatic rings.